The zero-order valence-electron chi connectivity index (χ0n) is 10.0. The largest absolute Gasteiger partial charge is 0.338 e. The third kappa shape index (κ3) is 3.28. The summed E-state index contributed by atoms with van der Waals surface area (Å²) in [7, 11) is 1.77. The summed E-state index contributed by atoms with van der Waals surface area (Å²) >= 11 is 1.53. The predicted octanol–water partition coefficient (Wildman–Crippen LogP) is 1.47. The number of hydrogen-bond donors (Lipinski definition) is 1. The van der Waals surface area contributed by atoms with Gasteiger partial charge in [-0.25, -0.2) is 4.98 Å². The fourth-order valence-electron chi connectivity index (χ4n) is 1.39. The van der Waals surface area contributed by atoms with Gasteiger partial charge in [-0.3, -0.25) is 4.79 Å². The molecule has 2 atom stereocenters. The standard InChI is InChI=1S/C11H19N3OS/c1-4-8(2)10(12)11(15)14(3)5-9-6-16-7-13-9/h6-8,10H,4-5,12H2,1-3H3/t8-,10-/m0/s1. The van der Waals surface area contributed by atoms with Crippen LogP contribution in [-0.4, -0.2) is 28.9 Å². The monoisotopic (exact) mass is 241 g/mol. The van der Waals surface area contributed by atoms with Gasteiger partial charge in [0, 0.05) is 12.4 Å². The maximum absolute atomic E-state index is 11.9. The van der Waals surface area contributed by atoms with Gasteiger partial charge in [-0.2, -0.15) is 0 Å². The Balaban J connectivity index is 2.53. The lowest BCUT2D eigenvalue weighted by Gasteiger charge is -2.23. The van der Waals surface area contributed by atoms with Gasteiger partial charge in [0.2, 0.25) is 5.91 Å². The van der Waals surface area contributed by atoms with E-state index in [9.17, 15) is 4.79 Å². The minimum atomic E-state index is -0.409. The summed E-state index contributed by atoms with van der Waals surface area (Å²) in [6.07, 6.45) is 0.914. The number of rotatable bonds is 5. The molecule has 90 valence electrons. The minimum Gasteiger partial charge on any atom is -0.338 e. The summed E-state index contributed by atoms with van der Waals surface area (Å²) in [4.78, 5) is 17.7. The van der Waals surface area contributed by atoms with E-state index in [2.05, 4.69) is 4.98 Å². The van der Waals surface area contributed by atoms with Crippen LogP contribution in [0.3, 0.4) is 0 Å². The first-order valence-corrected chi connectivity index (χ1v) is 6.38. The van der Waals surface area contributed by atoms with Gasteiger partial charge >= 0.3 is 0 Å². The highest BCUT2D eigenvalue weighted by Gasteiger charge is 2.22. The summed E-state index contributed by atoms with van der Waals surface area (Å²) in [6.45, 7) is 4.57. The number of hydrogen-bond acceptors (Lipinski definition) is 4. The van der Waals surface area contributed by atoms with E-state index in [-0.39, 0.29) is 11.8 Å². The molecule has 0 aliphatic rings. The minimum absolute atomic E-state index is 0.0117. The number of carbonyl (C=O) groups excluding carboxylic acids is 1. The molecule has 0 unspecified atom stereocenters. The summed E-state index contributed by atoms with van der Waals surface area (Å²) < 4.78 is 0. The van der Waals surface area contributed by atoms with E-state index in [1.807, 2.05) is 19.2 Å². The lowest BCUT2D eigenvalue weighted by molar-refractivity contribution is -0.133. The number of aromatic nitrogens is 1. The fourth-order valence-corrected chi connectivity index (χ4v) is 1.94. The second kappa shape index (κ2) is 5.96. The normalized spacial score (nSPS) is 14.5. The summed E-state index contributed by atoms with van der Waals surface area (Å²) in [6, 6.07) is -0.409. The van der Waals surface area contributed by atoms with Crippen LogP contribution in [0.5, 0.6) is 0 Å². The molecule has 1 heterocycles. The van der Waals surface area contributed by atoms with Crippen molar-refractivity contribution in [1.82, 2.24) is 9.88 Å². The Hall–Kier alpha value is -0.940. The number of nitrogens with two attached hydrogens (primary N) is 1. The highest BCUT2D eigenvalue weighted by Crippen LogP contribution is 2.10. The molecule has 0 radical (unpaired) electrons. The summed E-state index contributed by atoms with van der Waals surface area (Å²) in [5.74, 6) is 0.202. The van der Waals surface area contributed by atoms with Crippen LogP contribution in [0.4, 0.5) is 0 Å². The zero-order valence-corrected chi connectivity index (χ0v) is 10.8. The van der Waals surface area contributed by atoms with Gasteiger partial charge < -0.3 is 10.6 Å². The van der Waals surface area contributed by atoms with Crippen LogP contribution in [-0.2, 0) is 11.3 Å². The van der Waals surface area contributed by atoms with E-state index in [0.29, 0.717) is 6.54 Å². The maximum Gasteiger partial charge on any atom is 0.239 e. The third-order valence-corrected chi connectivity index (χ3v) is 3.44. The second-order valence-corrected chi connectivity index (χ2v) is 4.80. The molecule has 4 nitrogen and oxygen atoms in total. The van der Waals surface area contributed by atoms with Crippen molar-refractivity contribution in [3.05, 3.63) is 16.6 Å². The third-order valence-electron chi connectivity index (χ3n) is 2.80. The van der Waals surface area contributed by atoms with Crippen LogP contribution in [0.25, 0.3) is 0 Å². The molecule has 1 rings (SSSR count). The molecule has 0 saturated carbocycles. The van der Waals surface area contributed by atoms with Gasteiger partial charge in [0.25, 0.3) is 0 Å². The van der Waals surface area contributed by atoms with Crippen molar-refractivity contribution in [3.8, 4) is 0 Å². The van der Waals surface area contributed by atoms with Gasteiger partial charge in [-0.15, -0.1) is 11.3 Å². The molecule has 5 heteroatoms. The van der Waals surface area contributed by atoms with Gasteiger partial charge in [-0.1, -0.05) is 20.3 Å². The molecule has 2 N–H and O–H groups in total. The molecule has 0 saturated heterocycles. The highest BCUT2D eigenvalue weighted by molar-refractivity contribution is 7.07. The molecule has 0 bridgehead atoms. The van der Waals surface area contributed by atoms with E-state index >= 15 is 0 Å². The van der Waals surface area contributed by atoms with E-state index < -0.39 is 6.04 Å². The van der Waals surface area contributed by atoms with Gasteiger partial charge in [0.05, 0.1) is 23.8 Å². The molecule has 0 spiro atoms. The quantitative estimate of drug-likeness (QED) is 0.849. The van der Waals surface area contributed by atoms with Crippen LogP contribution >= 0.6 is 11.3 Å². The Bertz CT molecular complexity index is 326. The van der Waals surface area contributed by atoms with Crippen LogP contribution < -0.4 is 5.73 Å². The first kappa shape index (κ1) is 13.1. The number of thiazole rings is 1. The Morgan fingerprint density at radius 2 is 2.38 bits per heavy atom. The summed E-state index contributed by atoms with van der Waals surface area (Å²) in [5, 5.41) is 1.94. The molecule has 0 fully saturated rings. The van der Waals surface area contributed by atoms with Crippen molar-refractivity contribution < 1.29 is 4.79 Å². The molecule has 0 aliphatic heterocycles. The zero-order chi connectivity index (χ0) is 12.1. The molecule has 0 aliphatic carbocycles. The van der Waals surface area contributed by atoms with E-state index in [1.54, 1.807) is 17.5 Å². The molecular formula is C11H19N3OS. The van der Waals surface area contributed by atoms with Crippen molar-refractivity contribution in [3.63, 3.8) is 0 Å². The van der Waals surface area contributed by atoms with Crippen molar-refractivity contribution in [2.24, 2.45) is 11.7 Å². The lowest BCUT2D eigenvalue weighted by Crippen LogP contribution is -2.45. The van der Waals surface area contributed by atoms with Crippen molar-refractivity contribution in [1.29, 1.82) is 0 Å². The van der Waals surface area contributed by atoms with Crippen LogP contribution in [0, 0.1) is 5.92 Å². The van der Waals surface area contributed by atoms with Crippen molar-refractivity contribution in [2.45, 2.75) is 32.9 Å². The topological polar surface area (TPSA) is 59.2 Å². The Morgan fingerprint density at radius 3 is 2.88 bits per heavy atom. The van der Waals surface area contributed by atoms with Crippen LogP contribution in [0.2, 0.25) is 0 Å². The molecule has 16 heavy (non-hydrogen) atoms. The SMILES string of the molecule is CC[C@H](C)[C@H](N)C(=O)N(C)Cc1cscn1. The molecular weight excluding hydrogens is 222 g/mol. The summed E-state index contributed by atoms with van der Waals surface area (Å²) in [5.41, 5.74) is 8.57. The van der Waals surface area contributed by atoms with Gasteiger partial charge in [0.15, 0.2) is 0 Å². The number of amides is 1. The molecule has 1 amide bonds. The van der Waals surface area contributed by atoms with Crippen LogP contribution in [0.15, 0.2) is 10.9 Å². The second-order valence-electron chi connectivity index (χ2n) is 4.09. The number of carbonyl (C=O) groups is 1. The van der Waals surface area contributed by atoms with E-state index in [0.717, 1.165) is 12.1 Å². The average molecular weight is 241 g/mol. The highest BCUT2D eigenvalue weighted by atomic mass is 32.1. The van der Waals surface area contributed by atoms with E-state index in [1.165, 1.54) is 11.3 Å². The number of nitrogens with zero attached hydrogens (tertiary/aromatic N) is 2. The Kier molecular flexibility index (Phi) is 4.89. The van der Waals surface area contributed by atoms with E-state index in [4.69, 9.17) is 5.73 Å². The predicted molar refractivity (Wildman–Crippen MR) is 66.0 cm³/mol. The molecule has 0 aromatic carbocycles. The van der Waals surface area contributed by atoms with Gasteiger partial charge in [0.1, 0.15) is 0 Å². The number of likely N-dealkylation sites (N-methyl/N-ethyl adjacent to an activating group) is 1. The lowest BCUT2D eigenvalue weighted by atomic mass is 9.99. The van der Waals surface area contributed by atoms with Crippen molar-refractivity contribution in [2.75, 3.05) is 7.05 Å². The Labute approximate surface area is 100 Å². The first-order chi connectivity index (χ1) is 7.56. The van der Waals surface area contributed by atoms with Crippen LogP contribution in [0.1, 0.15) is 26.0 Å². The molecule has 1 aromatic heterocycles. The van der Waals surface area contributed by atoms with Gasteiger partial charge in [-0.05, 0) is 5.92 Å². The first-order valence-electron chi connectivity index (χ1n) is 5.43. The fraction of sp³-hybridized carbons (Fsp3) is 0.636. The van der Waals surface area contributed by atoms with Crippen molar-refractivity contribution >= 4 is 17.2 Å². The smallest absolute Gasteiger partial charge is 0.239 e. The average Bonchev–Trinajstić information content (AvgIpc) is 2.78. The maximum atomic E-state index is 11.9. The Morgan fingerprint density at radius 1 is 1.69 bits per heavy atom. The molecule has 1 aromatic rings.